The molecule has 15 N–H and O–H groups in total. The minimum absolute atomic E-state index is 0.00949. The van der Waals surface area contributed by atoms with Gasteiger partial charge in [0, 0.05) is 122 Å². The van der Waals surface area contributed by atoms with Crippen molar-refractivity contribution in [2.75, 3.05) is 80.6 Å². The first-order chi connectivity index (χ1) is 65.9. The van der Waals surface area contributed by atoms with E-state index in [1.165, 1.54) is 78.4 Å². The highest BCUT2D eigenvalue weighted by atomic mass is 32.1. The second kappa shape index (κ2) is 50.5. The summed E-state index contributed by atoms with van der Waals surface area (Å²) in [5, 5.41) is 57.6. The third-order valence-corrected chi connectivity index (χ3v) is 24.9. The summed E-state index contributed by atoms with van der Waals surface area (Å²) >= 11 is 4.01. The molecule has 2 saturated heterocycles. The number of likely N-dealkylation sites (tertiary alicyclic amines) is 1. The highest BCUT2D eigenvalue weighted by Gasteiger charge is 2.48. The summed E-state index contributed by atoms with van der Waals surface area (Å²) in [4.78, 5) is 228. The molecule has 1 aliphatic carbocycles. The minimum atomic E-state index is -2.03. The number of nitrogens with zero attached hydrogens (tertiary/aromatic N) is 5. The lowest BCUT2D eigenvalue weighted by Gasteiger charge is -2.38. The van der Waals surface area contributed by atoms with Crippen molar-refractivity contribution in [3.8, 4) is 11.5 Å². The van der Waals surface area contributed by atoms with Crippen molar-refractivity contribution < 1.29 is 115 Å². The number of aromatic amines is 1. The van der Waals surface area contributed by atoms with E-state index in [0.29, 0.717) is 69.4 Å². The van der Waals surface area contributed by atoms with Gasteiger partial charge < -0.3 is 113 Å². The van der Waals surface area contributed by atoms with E-state index >= 15 is 33.6 Å². The number of ether oxygens (including phenoxy) is 3. The number of phenols is 1. The maximum absolute atomic E-state index is 15.9. The molecule has 0 radical (unpaired) electrons. The number of nitrogens with one attached hydrogen (secondary N) is 10. The first-order valence-electron chi connectivity index (χ1n) is 45.5. The van der Waals surface area contributed by atoms with Crippen LogP contribution in [-0.2, 0) is 120 Å². The summed E-state index contributed by atoms with van der Waals surface area (Å²) in [6.07, 6.45) is -2.01. The van der Waals surface area contributed by atoms with E-state index in [9.17, 15) is 66.8 Å². The van der Waals surface area contributed by atoms with Gasteiger partial charge in [-0.05, 0) is 101 Å². The lowest BCUT2D eigenvalue weighted by molar-refractivity contribution is -0.152. The number of nitrogens with two attached hydrogens (primary N) is 1. The molecule has 1 aromatic heterocycles. The number of halogens is 3. The number of aromatic nitrogens is 1. The Morgan fingerprint density at radius 3 is 1.72 bits per heavy atom. The predicted molar refractivity (Wildman–Crippen MR) is 501 cm³/mol. The topological polar surface area (TPSA) is 511 Å². The molecule has 2 aliphatic heterocycles. The van der Waals surface area contributed by atoms with Crippen LogP contribution in [0.15, 0.2) is 152 Å². The molecule has 742 valence electrons. The van der Waals surface area contributed by atoms with E-state index in [2.05, 4.69) is 65.5 Å². The standard InChI is InChI=1S/C97H121F3N16O21S/c1-9-10-25-76(112(4)95(132)79(44-56-21-15-12-16-22-56)114(6)93(130)74(104-82(120)53-138)42-59-38-65(98)84(100)66(99)39-59)96(133)116-51-62(118)46-78(116)91(128)109-73(48-83(121)122)89(126)111-85(54(2)3)97(134)113(5)77(43-55-19-13-11-14-20-55)90(127)110-75(41-57-26-30-61(117)31-27-57)94(131)115-35-37-137-52-80(115)92(129)108-72(45-60-49-102-67-24-18-17-23-64(60)67)88(125)107-71(40-58-28-32-63(136-8)33-29-58)87(124)105-68(34-36-135-7)86(123)106-70-47-69(70)103-50-81(101)119/h11-24,26-33,38-39,49,54,62,68-80,85,102-103,117-118,138H,9-10,25,34-37,40-48,50-53H2,1-8H3,(H2,101,119)(H,104,120)(H,105,124)(H,106,123)(H,107,125)(H,108,129)(H,109,128)(H,110,127)(H,111,126)(H,121,122)/t62-,68+,69-,70+,71+,72+,73+,74+,75+,76+,77+,78-,79+,80-,85+/m1/s1. The van der Waals surface area contributed by atoms with Crippen LogP contribution >= 0.6 is 12.6 Å². The second-order valence-corrected chi connectivity index (χ2v) is 35.3. The number of amides is 14. The molecule has 0 unspecified atom stereocenters. The zero-order valence-corrected chi connectivity index (χ0v) is 78.8. The number of fused-ring (bicyclic) bond motifs is 1. The number of morpholine rings is 1. The lowest BCUT2D eigenvalue weighted by atomic mass is 9.98. The number of H-pyrrole nitrogens is 1. The average Bonchev–Trinajstić information content (AvgIpc) is 1.73. The van der Waals surface area contributed by atoms with Crippen molar-refractivity contribution >= 4 is 112 Å². The highest BCUT2D eigenvalue weighted by Crippen LogP contribution is 2.29. The molecule has 0 spiro atoms. The van der Waals surface area contributed by atoms with Gasteiger partial charge >= 0.3 is 5.97 Å². The number of methoxy groups -OCH3 is 2. The number of hydrogen-bond donors (Lipinski definition) is 15. The summed E-state index contributed by atoms with van der Waals surface area (Å²) in [6.45, 7) is 3.35. The Bertz CT molecular complexity index is 5440. The lowest BCUT2D eigenvalue weighted by Crippen LogP contribution is -2.64. The van der Waals surface area contributed by atoms with Crippen molar-refractivity contribution in [3.63, 3.8) is 0 Å². The Balaban J connectivity index is 0.888. The molecule has 15 atom stereocenters. The van der Waals surface area contributed by atoms with Crippen LogP contribution in [0, 0.1) is 23.4 Å². The molecular formula is C97H121F3N16O21S. The molecule has 138 heavy (non-hydrogen) atoms. The second-order valence-electron chi connectivity index (χ2n) is 35.0. The van der Waals surface area contributed by atoms with Gasteiger partial charge in [0.2, 0.25) is 82.7 Å². The number of phenolic OH excluding ortho intramolecular Hbond substituents is 1. The SMILES string of the molecule is CCCC[C@@H](C(=O)N1C[C@H](O)C[C@@H]1C(=O)N[C@@H](CC(=O)O)C(=O)N[C@H](C(=O)N(C)[C@@H](Cc1ccccc1)C(=O)N[C@@H](Cc1ccc(O)cc1)C(=O)N1CCOC[C@@H]1C(=O)N[C@@H](Cc1c[nH]c2ccccc12)C(=O)N[C@@H](Cc1ccc(OC)cc1)C(=O)N[C@@H](CCOC)C(=O)N[C@H]1C[C@H]1NCC(N)=O)C(C)C)N(C)C(=O)[C@H](Cc1ccccc1)N(C)C(=O)[C@H](Cc1cc(F)c(F)c(F)c1)NC(=O)CS. The number of carboxylic acid groups (broad SMARTS) is 1. The number of primary amides is 1. The fourth-order valence-electron chi connectivity index (χ4n) is 16.8. The zero-order chi connectivity index (χ0) is 100. The molecule has 10 rings (SSSR count). The van der Waals surface area contributed by atoms with Gasteiger partial charge in [0.15, 0.2) is 17.5 Å². The molecule has 3 fully saturated rings. The van der Waals surface area contributed by atoms with Crippen molar-refractivity contribution in [1.82, 2.24) is 77.3 Å². The average molecular weight is 1940 g/mol. The summed E-state index contributed by atoms with van der Waals surface area (Å²) in [6, 6.07) is 18.0. The highest BCUT2D eigenvalue weighted by molar-refractivity contribution is 7.81. The largest absolute Gasteiger partial charge is 0.508 e. The number of aliphatic carboxylic acids is 1. The van der Waals surface area contributed by atoms with E-state index < -0.39 is 235 Å². The number of hydrogen-bond acceptors (Lipinski definition) is 22. The van der Waals surface area contributed by atoms with E-state index in [0.717, 1.165) is 19.6 Å². The van der Waals surface area contributed by atoms with Crippen LogP contribution in [0.4, 0.5) is 13.2 Å². The fraction of sp³-hybridized carbons (Fsp3) is 0.454. The monoisotopic (exact) mass is 1930 g/mol. The molecule has 3 aliphatic rings. The number of rotatable bonds is 49. The minimum Gasteiger partial charge on any atom is -0.508 e. The van der Waals surface area contributed by atoms with Gasteiger partial charge in [-0.2, -0.15) is 12.6 Å². The zero-order valence-electron chi connectivity index (χ0n) is 77.9. The van der Waals surface area contributed by atoms with Gasteiger partial charge in [-0.25, -0.2) is 13.2 Å². The maximum Gasteiger partial charge on any atom is 0.305 e. The van der Waals surface area contributed by atoms with Gasteiger partial charge in [0.25, 0.3) is 0 Å². The van der Waals surface area contributed by atoms with Gasteiger partial charge in [0.05, 0.1) is 45.1 Å². The van der Waals surface area contributed by atoms with Gasteiger partial charge in [0.1, 0.15) is 84.0 Å². The number of carbonyl (C=O) groups is 15. The van der Waals surface area contributed by atoms with Crippen LogP contribution in [0.5, 0.6) is 11.5 Å². The smallest absolute Gasteiger partial charge is 0.305 e. The number of carboxylic acids is 1. The quantitative estimate of drug-likeness (QED) is 0.0191. The van der Waals surface area contributed by atoms with E-state index in [-0.39, 0.29) is 95.0 Å². The number of thiol groups is 1. The van der Waals surface area contributed by atoms with E-state index in [1.807, 2.05) is 0 Å². The van der Waals surface area contributed by atoms with E-state index in [4.69, 9.17) is 19.9 Å². The molecule has 41 heteroatoms. The Morgan fingerprint density at radius 2 is 1.12 bits per heavy atom. The Labute approximate surface area is 801 Å². The van der Waals surface area contributed by atoms with Crippen LogP contribution in [0.25, 0.3) is 10.9 Å². The van der Waals surface area contributed by atoms with Gasteiger partial charge in [-0.3, -0.25) is 71.9 Å². The molecule has 14 amide bonds. The number of aromatic hydroxyl groups is 1. The van der Waals surface area contributed by atoms with Crippen LogP contribution in [0.1, 0.15) is 99.1 Å². The summed E-state index contributed by atoms with van der Waals surface area (Å²) < 4.78 is 60.0. The molecule has 3 heterocycles. The van der Waals surface area contributed by atoms with Crippen LogP contribution < -0.4 is 58.3 Å². The Hall–Kier alpha value is -13.5. The van der Waals surface area contributed by atoms with Crippen molar-refractivity contribution in [1.29, 1.82) is 0 Å². The molecule has 37 nitrogen and oxygen atoms in total. The normalized spacial score (nSPS) is 17.8. The van der Waals surface area contributed by atoms with Crippen LogP contribution in [0.2, 0.25) is 0 Å². The summed E-state index contributed by atoms with van der Waals surface area (Å²) in [5.74, 6) is -20.0. The third-order valence-electron chi connectivity index (χ3n) is 24.6. The molecular weight excluding hydrogens is 1810 g/mol. The van der Waals surface area contributed by atoms with E-state index in [1.54, 1.807) is 122 Å². The number of aliphatic hydroxyl groups is 1. The molecule has 0 bridgehead atoms. The predicted octanol–water partition coefficient (Wildman–Crippen LogP) is 1.74. The van der Waals surface area contributed by atoms with Crippen molar-refractivity contribution in [2.45, 2.75) is 195 Å². The number of benzene rings is 6. The van der Waals surface area contributed by atoms with Crippen molar-refractivity contribution in [3.05, 3.63) is 203 Å². The number of aliphatic hydroxyl groups excluding tert-OH is 1. The van der Waals surface area contributed by atoms with Gasteiger partial charge in [-0.15, -0.1) is 0 Å². The van der Waals surface area contributed by atoms with Crippen LogP contribution in [-0.4, -0.2) is 305 Å². The third kappa shape index (κ3) is 29.3. The Morgan fingerprint density at radius 1 is 0.565 bits per heavy atom. The Kier molecular flexibility index (Phi) is 39.0. The maximum atomic E-state index is 15.9. The summed E-state index contributed by atoms with van der Waals surface area (Å²) in [7, 11) is 6.66. The number of carbonyl (C=O) groups excluding carboxylic acids is 14. The number of unbranched alkanes of at least 4 members (excludes halogenated alkanes) is 1. The molecule has 7 aromatic rings. The molecule has 6 aromatic carbocycles. The summed E-state index contributed by atoms with van der Waals surface area (Å²) in [5.41, 5.74) is 8.24. The van der Waals surface area contributed by atoms with Gasteiger partial charge in [-0.1, -0.05) is 137 Å². The van der Waals surface area contributed by atoms with Crippen molar-refractivity contribution in [2.24, 2.45) is 11.7 Å². The number of β-amino-alcohol motifs (C(OH)–C–C–N with tert-alkyl or cyclic N) is 1. The number of para-hydroxylation sites is 1. The fourth-order valence-corrected chi connectivity index (χ4v) is 16.9. The first kappa shape index (κ1) is 107. The molecule has 1 saturated carbocycles. The number of likely N-dealkylation sites (N-methyl/N-ethyl adjacent to an activating group) is 3. The van der Waals surface area contributed by atoms with Crippen LogP contribution in [0.3, 0.4) is 0 Å². The first-order valence-corrected chi connectivity index (χ1v) is 46.1.